The van der Waals surface area contributed by atoms with E-state index in [2.05, 4.69) is 5.32 Å². The Balaban J connectivity index is 0.000000545. The summed E-state index contributed by atoms with van der Waals surface area (Å²) in [6.45, 7) is 1.82. The molecule has 0 atom stereocenters. The van der Waals surface area contributed by atoms with E-state index in [-0.39, 0.29) is 11.9 Å². The van der Waals surface area contributed by atoms with Crippen molar-refractivity contribution in [1.29, 1.82) is 0 Å². The second kappa shape index (κ2) is 6.69. The molecule has 3 nitrogen and oxygen atoms in total. The zero-order chi connectivity index (χ0) is 16.2. The van der Waals surface area contributed by atoms with Gasteiger partial charge in [0.1, 0.15) is 0 Å². The maximum atomic E-state index is 12.6. The van der Waals surface area contributed by atoms with E-state index >= 15 is 0 Å². The minimum Gasteiger partial charge on any atom is -0.483 e. The highest BCUT2D eigenvalue weighted by molar-refractivity contribution is 5.35. The molecule has 2 fully saturated rings. The summed E-state index contributed by atoms with van der Waals surface area (Å²) >= 11 is 0. The number of hydrogen-bond acceptors (Lipinski definition) is 2. The zero-order valence-corrected chi connectivity index (χ0v) is 12.2. The van der Waals surface area contributed by atoms with Crippen LogP contribution in [0.25, 0.3) is 0 Å². The van der Waals surface area contributed by atoms with E-state index in [1.54, 1.807) is 12.1 Å². The molecule has 22 heavy (non-hydrogen) atoms. The van der Waals surface area contributed by atoms with Crippen LogP contribution in [0.1, 0.15) is 36.8 Å². The van der Waals surface area contributed by atoms with Gasteiger partial charge in [0.2, 0.25) is 0 Å². The summed E-state index contributed by atoms with van der Waals surface area (Å²) in [6.07, 6.45) is 0.304. The molecule has 0 unspecified atom stereocenters. The van der Waals surface area contributed by atoms with E-state index < -0.39 is 11.7 Å². The topological polar surface area (TPSA) is 49.3 Å². The van der Waals surface area contributed by atoms with Crippen LogP contribution in [-0.4, -0.2) is 24.7 Å². The molecule has 1 heterocycles. The highest BCUT2D eigenvalue weighted by atomic mass is 19.4. The van der Waals surface area contributed by atoms with E-state index in [0.717, 1.165) is 44.3 Å². The molecule has 6 heteroatoms. The highest BCUT2D eigenvalue weighted by Gasteiger charge is 2.50. The van der Waals surface area contributed by atoms with E-state index in [1.165, 1.54) is 12.1 Å². The number of halogens is 3. The monoisotopic (exact) mass is 315 g/mol. The molecule has 1 aliphatic carbocycles. The minimum absolute atomic E-state index is 0.173. The predicted molar refractivity (Wildman–Crippen MR) is 76.6 cm³/mol. The normalized spacial score (nSPS) is 20.7. The molecule has 0 spiro atoms. The predicted octanol–water partition coefficient (Wildman–Crippen LogP) is 3.44. The van der Waals surface area contributed by atoms with E-state index in [4.69, 9.17) is 9.90 Å². The van der Waals surface area contributed by atoms with Crippen LogP contribution >= 0.6 is 0 Å². The van der Waals surface area contributed by atoms with Crippen molar-refractivity contribution in [1.82, 2.24) is 5.32 Å². The number of nitrogens with one attached hydrogen (secondary N) is 1. The number of carbonyl (C=O) groups is 1. The third kappa shape index (κ3) is 3.61. The van der Waals surface area contributed by atoms with Crippen LogP contribution in [0.3, 0.4) is 0 Å². The molecule has 2 N–H and O–H groups in total. The molecule has 0 aromatic heterocycles. The van der Waals surface area contributed by atoms with Crippen LogP contribution in [0.15, 0.2) is 24.3 Å². The van der Waals surface area contributed by atoms with Crippen LogP contribution in [-0.2, 0) is 16.4 Å². The van der Waals surface area contributed by atoms with E-state index in [9.17, 15) is 13.2 Å². The molecule has 1 saturated carbocycles. The first-order chi connectivity index (χ1) is 10.4. The van der Waals surface area contributed by atoms with E-state index in [1.807, 2.05) is 0 Å². The Morgan fingerprint density at radius 3 is 2.05 bits per heavy atom. The van der Waals surface area contributed by atoms with Gasteiger partial charge in [-0.3, -0.25) is 4.79 Å². The van der Waals surface area contributed by atoms with Gasteiger partial charge in [-0.1, -0.05) is 12.1 Å². The Bertz CT molecular complexity index is 489. The summed E-state index contributed by atoms with van der Waals surface area (Å²) in [5, 5.41) is 10.2. The summed E-state index contributed by atoms with van der Waals surface area (Å²) in [4.78, 5) is 8.36. The highest BCUT2D eigenvalue weighted by Crippen LogP contribution is 2.56. The lowest BCUT2D eigenvalue weighted by molar-refractivity contribution is -0.137. The summed E-state index contributed by atoms with van der Waals surface area (Å²) in [5.41, 5.74) is 0.733. The van der Waals surface area contributed by atoms with Gasteiger partial charge in [0.15, 0.2) is 0 Å². The number of rotatable bonds is 2. The smallest absolute Gasteiger partial charge is 0.416 e. The van der Waals surface area contributed by atoms with E-state index in [0.29, 0.717) is 5.92 Å². The minimum atomic E-state index is -4.23. The second-order valence-corrected chi connectivity index (χ2v) is 5.86. The fourth-order valence-electron chi connectivity index (χ4n) is 3.43. The van der Waals surface area contributed by atoms with Gasteiger partial charge >= 0.3 is 6.18 Å². The molecular formula is C16H20F3NO2. The average molecular weight is 315 g/mol. The zero-order valence-electron chi connectivity index (χ0n) is 12.2. The van der Waals surface area contributed by atoms with Crippen molar-refractivity contribution in [3.8, 4) is 0 Å². The first kappa shape index (κ1) is 16.8. The SMILES string of the molecule is FC(F)(F)c1ccc(C2(C3CCNCC3)CC2)cc1.O=CO. The third-order valence-electron chi connectivity index (χ3n) is 4.70. The molecule has 2 aliphatic rings. The molecule has 1 aromatic rings. The van der Waals surface area contributed by atoms with Crippen molar-refractivity contribution < 1.29 is 23.1 Å². The first-order valence-corrected chi connectivity index (χ1v) is 7.40. The first-order valence-electron chi connectivity index (χ1n) is 7.40. The Hall–Kier alpha value is -1.56. The molecule has 122 valence electrons. The number of hydrogen-bond donors (Lipinski definition) is 2. The molecule has 0 bridgehead atoms. The van der Waals surface area contributed by atoms with Crippen LogP contribution in [0, 0.1) is 5.92 Å². The molecule has 3 rings (SSSR count). The maximum absolute atomic E-state index is 12.6. The molecular weight excluding hydrogens is 295 g/mol. The number of benzene rings is 1. The summed E-state index contributed by atoms with van der Waals surface area (Å²) in [6, 6.07) is 5.85. The summed E-state index contributed by atoms with van der Waals surface area (Å²) < 4.78 is 37.7. The fourth-order valence-corrected chi connectivity index (χ4v) is 3.43. The largest absolute Gasteiger partial charge is 0.483 e. The third-order valence-corrected chi connectivity index (χ3v) is 4.70. The van der Waals surface area contributed by atoms with Crippen LogP contribution < -0.4 is 5.32 Å². The lowest BCUT2D eigenvalue weighted by Gasteiger charge is -2.31. The van der Waals surface area contributed by atoms with Crippen molar-refractivity contribution in [3.63, 3.8) is 0 Å². The summed E-state index contributed by atoms with van der Waals surface area (Å²) in [7, 11) is 0. The van der Waals surface area contributed by atoms with Crippen molar-refractivity contribution in [3.05, 3.63) is 35.4 Å². The number of piperidine rings is 1. The Kier molecular flexibility index (Phi) is 5.11. The van der Waals surface area contributed by atoms with Crippen molar-refractivity contribution >= 4 is 6.47 Å². The molecule has 0 radical (unpaired) electrons. The van der Waals surface area contributed by atoms with Gasteiger partial charge in [-0.25, -0.2) is 0 Å². The van der Waals surface area contributed by atoms with Gasteiger partial charge in [0.05, 0.1) is 5.56 Å². The van der Waals surface area contributed by atoms with Crippen LogP contribution in [0.2, 0.25) is 0 Å². The van der Waals surface area contributed by atoms with Crippen molar-refractivity contribution in [2.24, 2.45) is 5.92 Å². The van der Waals surface area contributed by atoms with Gasteiger partial charge in [0, 0.05) is 0 Å². The lowest BCUT2D eigenvalue weighted by atomic mass is 9.77. The molecule has 0 amide bonds. The Morgan fingerprint density at radius 1 is 1.14 bits per heavy atom. The van der Waals surface area contributed by atoms with Gasteiger partial charge in [-0.05, 0) is 67.8 Å². The van der Waals surface area contributed by atoms with Gasteiger partial charge < -0.3 is 10.4 Å². The Morgan fingerprint density at radius 2 is 1.64 bits per heavy atom. The Labute approximate surface area is 127 Å². The van der Waals surface area contributed by atoms with Gasteiger partial charge in [-0.2, -0.15) is 13.2 Å². The van der Waals surface area contributed by atoms with Gasteiger partial charge in [0.25, 0.3) is 6.47 Å². The van der Waals surface area contributed by atoms with Crippen LogP contribution in [0.4, 0.5) is 13.2 Å². The standard InChI is InChI=1S/C15H18F3N.CH2O2/c16-15(17,18)13-3-1-11(2-4-13)14(7-8-14)12-5-9-19-10-6-12;2-1-3/h1-4,12,19H,5-10H2;1H,(H,2,3). The van der Waals surface area contributed by atoms with Crippen LogP contribution in [0.5, 0.6) is 0 Å². The molecule has 1 saturated heterocycles. The fraction of sp³-hybridized carbons (Fsp3) is 0.562. The lowest BCUT2D eigenvalue weighted by Crippen LogP contribution is -2.34. The maximum Gasteiger partial charge on any atom is 0.416 e. The van der Waals surface area contributed by atoms with Crippen molar-refractivity contribution in [2.45, 2.75) is 37.3 Å². The average Bonchev–Trinajstić information content (AvgIpc) is 3.30. The second-order valence-electron chi connectivity index (χ2n) is 5.86. The molecule has 1 aromatic carbocycles. The van der Waals surface area contributed by atoms with Crippen molar-refractivity contribution in [2.75, 3.05) is 13.1 Å². The van der Waals surface area contributed by atoms with Gasteiger partial charge in [-0.15, -0.1) is 0 Å². The number of alkyl halides is 3. The molecule has 1 aliphatic heterocycles. The quantitative estimate of drug-likeness (QED) is 0.822. The number of carboxylic acid groups (broad SMARTS) is 1. The summed E-state index contributed by atoms with van der Waals surface area (Å²) in [5.74, 6) is 0.630.